The lowest BCUT2D eigenvalue weighted by Gasteiger charge is -2.11. The zero-order valence-corrected chi connectivity index (χ0v) is 16.1. The Bertz CT molecular complexity index is 668. The first-order valence-corrected chi connectivity index (χ1v) is 9.32. The Morgan fingerprint density at radius 2 is 1.88 bits per heavy atom. The molecule has 0 amide bonds. The number of nitrogens with zero attached hydrogens (tertiary/aromatic N) is 2. The van der Waals surface area contributed by atoms with Gasteiger partial charge in [-0.15, -0.1) is 11.3 Å². The molecule has 0 atom stereocenters. The van der Waals surface area contributed by atoms with Gasteiger partial charge in [-0.3, -0.25) is 4.99 Å². The van der Waals surface area contributed by atoms with Crippen LogP contribution in [0, 0.1) is 13.8 Å². The van der Waals surface area contributed by atoms with Crippen LogP contribution < -0.4 is 10.6 Å². The van der Waals surface area contributed by atoms with Gasteiger partial charge >= 0.3 is 0 Å². The summed E-state index contributed by atoms with van der Waals surface area (Å²) >= 11 is 1.72. The number of aliphatic imine (C=N–C) groups is 1. The highest BCUT2D eigenvalue weighted by Gasteiger charge is 2.06. The minimum absolute atomic E-state index is 0.485. The van der Waals surface area contributed by atoms with E-state index in [1.165, 1.54) is 21.7 Å². The fraction of sp³-hybridized carbons (Fsp3) is 0.474. The van der Waals surface area contributed by atoms with Gasteiger partial charge in [0.25, 0.3) is 0 Å². The van der Waals surface area contributed by atoms with Crippen LogP contribution in [0.25, 0.3) is 0 Å². The highest BCUT2D eigenvalue weighted by atomic mass is 32.1. The molecule has 4 nitrogen and oxygen atoms in total. The first-order valence-electron chi connectivity index (χ1n) is 8.44. The molecule has 0 aliphatic heterocycles. The van der Waals surface area contributed by atoms with E-state index in [-0.39, 0.29) is 0 Å². The zero-order valence-electron chi connectivity index (χ0n) is 15.3. The van der Waals surface area contributed by atoms with E-state index in [1.807, 2.05) is 0 Å². The maximum absolute atomic E-state index is 4.64. The Labute approximate surface area is 149 Å². The van der Waals surface area contributed by atoms with Crippen molar-refractivity contribution in [2.24, 2.45) is 4.99 Å². The zero-order chi connectivity index (χ0) is 17.5. The van der Waals surface area contributed by atoms with Crippen LogP contribution >= 0.6 is 11.3 Å². The topological polar surface area (TPSA) is 49.3 Å². The van der Waals surface area contributed by atoms with Crippen LogP contribution in [0.3, 0.4) is 0 Å². The molecule has 130 valence electrons. The number of rotatable bonds is 6. The summed E-state index contributed by atoms with van der Waals surface area (Å²) in [6.07, 6.45) is 0.984. The van der Waals surface area contributed by atoms with Crippen LogP contribution in [-0.2, 0) is 13.0 Å². The number of guanidine groups is 1. The average molecular weight is 345 g/mol. The van der Waals surface area contributed by atoms with E-state index in [9.17, 15) is 0 Å². The Morgan fingerprint density at radius 1 is 1.17 bits per heavy atom. The number of aromatic nitrogens is 1. The summed E-state index contributed by atoms with van der Waals surface area (Å²) in [7, 11) is 1.80. The third-order valence-corrected chi connectivity index (χ3v) is 4.91. The molecule has 2 N–H and O–H groups in total. The highest BCUT2D eigenvalue weighted by molar-refractivity contribution is 7.09. The molecule has 5 heteroatoms. The van der Waals surface area contributed by atoms with Gasteiger partial charge in [-0.1, -0.05) is 43.2 Å². The number of aryl methyl sites for hydroxylation is 2. The van der Waals surface area contributed by atoms with Crippen LogP contribution in [0.5, 0.6) is 0 Å². The summed E-state index contributed by atoms with van der Waals surface area (Å²) < 4.78 is 0. The Kier molecular flexibility index (Phi) is 6.79. The fourth-order valence-corrected chi connectivity index (χ4v) is 3.44. The standard InChI is InChI=1S/C19H28N4S/c1-13(2)18-23-17(12-24-18)11-22-19(20-5)21-7-6-16-9-14(3)8-15(4)10-16/h8-10,12-13H,6-7,11H2,1-5H3,(H2,20,21,22). The molecule has 0 aliphatic rings. The number of benzene rings is 1. The molecule has 2 rings (SSSR count). The second kappa shape index (κ2) is 8.83. The molecule has 0 aliphatic carbocycles. The summed E-state index contributed by atoms with van der Waals surface area (Å²) in [5.74, 6) is 1.30. The highest BCUT2D eigenvalue weighted by Crippen LogP contribution is 2.18. The van der Waals surface area contributed by atoms with Gasteiger partial charge in [0.1, 0.15) is 0 Å². The van der Waals surface area contributed by atoms with Crippen molar-refractivity contribution < 1.29 is 0 Å². The van der Waals surface area contributed by atoms with Gasteiger partial charge < -0.3 is 10.6 Å². The minimum atomic E-state index is 0.485. The Balaban J connectivity index is 1.79. The molecule has 0 saturated heterocycles. The lowest BCUT2D eigenvalue weighted by molar-refractivity contribution is 0.775. The quantitative estimate of drug-likeness (QED) is 0.619. The molecule has 0 bridgehead atoms. The largest absolute Gasteiger partial charge is 0.356 e. The second-order valence-corrected chi connectivity index (χ2v) is 7.32. The molecule has 0 saturated carbocycles. The lowest BCUT2D eigenvalue weighted by Crippen LogP contribution is -2.37. The van der Waals surface area contributed by atoms with E-state index in [1.54, 1.807) is 18.4 Å². The van der Waals surface area contributed by atoms with E-state index in [4.69, 9.17) is 0 Å². The molecule has 1 aromatic heterocycles. The molecule has 1 heterocycles. The predicted octanol–water partition coefficient (Wildman–Crippen LogP) is 3.79. The average Bonchev–Trinajstić information content (AvgIpc) is 2.99. The number of nitrogens with one attached hydrogen (secondary N) is 2. The molecule has 24 heavy (non-hydrogen) atoms. The van der Waals surface area contributed by atoms with Gasteiger partial charge in [-0.25, -0.2) is 4.98 Å². The third kappa shape index (κ3) is 5.64. The maximum Gasteiger partial charge on any atom is 0.191 e. The monoisotopic (exact) mass is 344 g/mol. The maximum atomic E-state index is 4.64. The number of hydrogen-bond donors (Lipinski definition) is 2. The van der Waals surface area contributed by atoms with Crippen LogP contribution in [0.2, 0.25) is 0 Å². The van der Waals surface area contributed by atoms with E-state index >= 15 is 0 Å². The van der Waals surface area contributed by atoms with Crippen LogP contribution in [0.15, 0.2) is 28.6 Å². The molecule has 0 fully saturated rings. The van der Waals surface area contributed by atoms with Crippen molar-refractivity contribution in [1.82, 2.24) is 15.6 Å². The number of hydrogen-bond acceptors (Lipinski definition) is 3. The van der Waals surface area contributed by atoms with E-state index in [0.29, 0.717) is 12.5 Å². The van der Waals surface area contributed by atoms with Gasteiger partial charge in [-0.2, -0.15) is 0 Å². The Hall–Kier alpha value is -1.88. The second-order valence-electron chi connectivity index (χ2n) is 6.43. The predicted molar refractivity (Wildman–Crippen MR) is 104 cm³/mol. The fourth-order valence-electron chi connectivity index (χ4n) is 2.60. The number of thiazole rings is 1. The van der Waals surface area contributed by atoms with Gasteiger partial charge in [-0.05, 0) is 25.8 Å². The summed E-state index contributed by atoms with van der Waals surface area (Å²) in [5.41, 5.74) is 5.06. The molecule has 0 radical (unpaired) electrons. The molecular formula is C19H28N4S. The van der Waals surface area contributed by atoms with Crippen molar-refractivity contribution >= 4 is 17.3 Å². The van der Waals surface area contributed by atoms with E-state index in [2.05, 4.69) is 71.9 Å². The van der Waals surface area contributed by atoms with Crippen molar-refractivity contribution in [3.63, 3.8) is 0 Å². The first kappa shape index (κ1) is 18.5. The van der Waals surface area contributed by atoms with Crippen molar-refractivity contribution in [3.05, 3.63) is 51.0 Å². The van der Waals surface area contributed by atoms with Crippen LogP contribution in [0.4, 0.5) is 0 Å². The summed E-state index contributed by atoms with van der Waals surface area (Å²) in [5, 5.41) is 10.0. The van der Waals surface area contributed by atoms with E-state index < -0.39 is 0 Å². The summed E-state index contributed by atoms with van der Waals surface area (Å²) in [4.78, 5) is 8.92. The SMILES string of the molecule is CN=C(NCCc1cc(C)cc(C)c1)NCc1csc(C(C)C)n1. The molecule has 0 unspecified atom stereocenters. The normalized spacial score (nSPS) is 11.8. The van der Waals surface area contributed by atoms with Gasteiger partial charge in [0.2, 0.25) is 0 Å². The smallest absolute Gasteiger partial charge is 0.191 e. The molecular weight excluding hydrogens is 316 g/mol. The van der Waals surface area contributed by atoms with Crippen molar-refractivity contribution in [2.75, 3.05) is 13.6 Å². The van der Waals surface area contributed by atoms with Crippen molar-refractivity contribution in [3.8, 4) is 0 Å². The van der Waals surface area contributed by atoms with Crippen molar-refractivity contribution in [1.29, 1.82) is 0 Å². The molecule has 2 aromatic rings. The van der Waals surface area contributed by atoms with Crippen LogP contribution in [0.1, 0.15) is 47.2 Å². The minimum Gasteiger partial charge on any atom is -0.356 e. The Morgan fingerprint density at radius 3 is 2.46 bits per heavy atom. The molecule has 1 aromatic carbocycles. The van der Waals surface area contributed by atoms with Gasteiger partial charge in [0, 0.05) is 24.9 Å². The van der Waals surface area contributed by atoms with E-state index in [0.717, 1.165) is 24.6 Å². The lowest BCUT2D eigenvalue weighted by atomic mass is 10.1. The van der Waals surface area contributed by atoms with Crippen molar-refractivity contribution in [2.45, 2.75) is 46.6 Å². The first-order chi connectivity index (χ1) is 11.5. The van der Waals surface area contributed by atoms with Crippen LogP contribution in [-0.4, -0.2) is 24.5 Å². The van der Waals surface area contributed by atoms with Gasteiger partial charge in [0.15, 0.2) is 5.96 Å². The molecule has 0 spiro atoms. The summed E-state index contributed by atoms with van der Waals surface area (Å²) in [6.45, 7) is 10.2. The van der Waals surface area contributed by atoms with Gasteiger partial charge in [0.05, 0.1) is 17.2 Å². The summed E-state index contributed by atoms with van der Waals surface area (Å²) in [6, 6.07) is 6.69. The third-order valence-electron chi connectivity index (χ3n) is 3.71.